The van der Waals surface area contributed by atoms with Crippen molar-refractivity contribution in [3.05, 3.63) is 168 Å². The first-order valence-electron chi connectivity index (χ1n) is 15.2. The Morgan fingerprint density at radius 3 is 1.50 bits per heavy atom. The molecule has 0 saturated heterocycles. The summed E-state index contributed by atoms with van der Waals surface area (Å²) >= 11 is 1.84. The highest BCUT2D eigenvalue weighted by atomic mass is 32.2. The van der Waals surface area contributed by atoms with E-state index in [0.29, 0.717) is 11.4 Å². The van der Waals surface area contributed by atoms with E-state index in [4.69, 9.17) is 0 Å². The molecule has 0 saturated carbocycles. The fourth-order valence-electron chi connectivity index (χ4n) is 4.72. The standard InChI is InChI=1S/C25H22NS.C14H15N3O3S/c1-26(2)23-15-13-19(14-16-23)22-17-24(20-9-5-3-6-10-20)27-25(18-22)21-11-7-4-8-12-21;1-17(2)13-7-3-11(4-8-13)15-16-12-5-9-14(10-6-12)21(18,19)20/h3-18H,1-2H3;3-10H,1-2H3,(H,18,19,20)/q+1;/p-1. The highest BCUT2D eigenvalue weighted by molar-refractivity contribution is 8.16. The summed E-state index contributed by atoms with van der Waals surface area (Å²) in [5.41, 5.74) is 8.42. The molecule has 0 N–H and O–H groups in total. The fraction of sp³-hybridized carbons (Fsp3) is 0.103. The van der Waals surface area contributed by atoms with E-state index in [0.717, 1.165) is 5.69 Å². The molecule has 0 aromatic heterocycles. The summed E-state index contributed by atoms with van der Waals surface area (Å²) in [6, 6.07) is 34.0. The van der Waals surface area contributed by atoms with E-state index < -0.39 is 10.1 Å². The van der Waals surface area contributed by atoms with Crippen LogP contribution in [0.1, 0.15) is 11.1 Å². The van der Waals surface area contributed by atoms with Crippen molar-refractivity contribution in [2.45, 2.75) is 4.90 Å². The van der Waals surface area contributed by atoms with Crippen LogP contribution in [0.25, 0.3) is 9.81 Å². The van der Waals surface area contributed by atoms with E-state index >= 15 is 0 Å². The van der Waals surface area contributed by atoms with Crippen molar-refractivity contribution in [3.63, 3.8) is 0 Å². The first kappa shape index (κ1) is 34.3. The molecule has 0 fully saturated rings. The summed E-state index contributed by atoms with van der Waals surface area (Å²) in [5, 5.41) is 8.04. The molecule has 1 aliphatic heterocycles. The predicted molar refractivity (Wildman–Crippen MR) is 198 cm³/mol. The quantitative estimate of drug-likeness (QED) is 0.116. The van der Waals surface area contributed by atoms with Crippen LogP contribution >= 0.6 is 11.8 Å². The van der Waals surface area contributed by atoms with Crippen LogP contribution in [-0.4, -0.2) is 51.4 Å². The molecule has 1 aliphatic carbocycles. The van der Waals surface area contributed by atoms with Gasteiger partial charge in [-0.3, -0.25) is 0 Å². The third kappa shape index (κ3) is 9.25. The zero-order chi connectivity index (χ0) is 34.1. The third-order valence-electron chi connectivity index (χ3n) is 7.40. The molecule has 0 spiro atoms. The molecule has 2 aliphatic rings. The van der Waals surface area contributed by atoms with Gasteiger partial charge in [0.05, 0.1) is 16.3 Å². The van der Waals surface area contributed by atoms with Gasteiger partial charge in [0.15, 0.2) is 5.71 Å². The van der Waals surface area contributed by atoms with E-state index in [1.54, 1.807) is 0 Å². The number of allylic oxidation sites excluding steroid dienone is 8. The topological polar surface area (TPSA) is 88.2 Å². The molecule has 0 amide bonds. The maximum atomic E-state index is 10.8. The molecule has 7 nitrogen and oxygen atoms in total. The minimum atomic E-state index is -4.43. The lowest BCUT2D eigenvalue weighted by Crippen LogP contribution is -2.10. The summed E-state index contributed by atoms with van der Waals surface area (Å²) in [7, 11) is 3.61. The Labute approximate surface area is 287 Å². The van der Waals surface area contributed by atoms with Gasteiger partial charge in [0.1, 0.15) is 24.2 Å². The fourth-order valence-corrected chi connectivity index (χ4v) is 6.31. The normalized spacial score (nSPS) is 14.3. The Kier molecular flexibility index (Phi) is 11.2. The zero-order valence-electron chi connectivity index (χ0n) is 27.2. The first-order chi connectivity index (χ1) is 23.1. The van der Waals surface area contributed by atoms with Gasteiger partial charge in [0.2, 0.25) is 0 Å². The van der Waals surface area contributed by atoms with Gasteiger partial charge in [0.25, 0.3) is 0 Å². The second-order valence-corrected chi connectivity index (χ2v) is 13.8. The average molecular weight is 673 g/mol. The van der Waals surface area contributed by atoms with Crippen molar-refractivity contribution in [1.29, 1.82) is 0 Å². The maximum absolute atomic E-state index is 10.8. The predicted octanol–water partition coefficient (Wildman–Crippen LogP) is 9.02. The number of hydrogen-bond donors (Lipinski definition) is 0. The molecule has 1 heterocycles. The summed E-state index contributed by atoms with van der Waals surface area (Å²) in [6.45, 7) is 0. The summed E-state index contributed by atoms with van der Waals surface area (Å²) in [6.07, 6.45) is 13.4. The largest absolute Gasteiger partial charge is 0.744 e. The number of azo groups is 1. The van der Waals surface area contributed by atoms with Gasteiger partial charge in [0, 0.05) is 41.7 Å². The lowest BCUT2D eigenvalue weighted by atomic mass is 9.99. The van der Waals surface area contributed by atoms with Crippen LogP contribution in [0.15, 0.2) is 172 Å². The smallest absolute Gasteiger partial charge is 0.199 e. The number of nitrogens with zero attached hydrogens (tertiary/aromatic N) is 4. The Hall–Kier alpha value is -5.09. The van der Waals surface area contributed by atoms with Gasteiger partial charge in [-0.1, -0.05) is 72.4 Å². The number of benzene rings is 4. The van der Waals surface area contributed by atoms with Crippen LogP contribution in [0, 0.1) is 0 Å². The molecule has 4 aromatic rings. The molecule has 6 rings (SSSR count). The molecule has 242 valence electrons. The van der Waals surface area contributed by atoms with Crippen molar-refractivity contribution >= 4 is 54.5 Å². The number of rotatable bonds is 6. The number of hydrogen-bond acceptors (Lipinski definition) is 7. The zero-order valence-corrected chi connectivity index (χ0v) is 28.8. The SMILES string of the molecule is CN(C)c1ccc(N=Nc2ccc(S(=O)(=O)[O-])cc2)cc1.C[N+](C)=C1C=CC(=C2C=C(c3ccccc3)SC(c3ccccc3)=C2)C=C1. The average Bonchev–Trinajstić information content (AvgIpc) is 3.11. The molecular weight excluding hydrogens is 637 g/mol. The van der Waals surface area contributed by atoms with Crippen LogP contribution in [0.2, 0.25) is 0 Å². The van der Waals surface area contributed by atoms with Crippen LogP contribution in [0.3, 0.4) is 0 Å². The van der Waals surface area contributed by atoms with E-state index in [2.05, 4.69) is 126 Å². The second kappa shape index (κ2) is 15.7. The minimum absolute atomic E-state index is 0.281. The van der Waals surface area contributed by atoms with Gasteiger partial charge < -0.3 is 9.45 Å². The van der Waals surface area contributed by atoms with Crippen molar-refractivity contribution in [1.82, 2.24) is 0 Å². The summed E-state index contributed by atoms with van der Waals surface area (Å²) in [4.78, 5) is 4.26. The Morgan fingerprint density at radius 1 is 0.625 bits per heavy atom. The van der Waals surface area contributed by atoms with Gasteiger partial charge in [-0.15, -0.1) is 0 Å². The lowest BCUT2D eigenvalue weighted by molar-refractivity contribution is -0.462. The highest BCUT2D eigenvalue weighted by Gasteiger charge is 2.16. The Morgan fingerprint density at radius 2 is 1.08 bits per heavy atom. The van der Waals surface area contributed by atoms with Gasteiger partial charge in [-0.2, -0.15) is 10.2 Å². The van der Waals surface area contributed by atoms with E-state index in [1.165, 1.54) is 62.1 Å². The maximum Gasteiger partial charge on any atom is 0.199 e. The van der Waals surface area contributed by atoms with Crippen LogP contribution in [0.5, 0.6) is 0 Å². The van der Waals surface area contributed by atoms with Crippen molar-refractivity contribution in [3.8, 4) is 0 Å². The minimum Gasteiger partial charge on any atom is -0.744 e. The molecular formula is C39H36N4O3S2. The van der Waals surface area contributed by atoms with Gasteiger partial charge >= 0.3 is 0 Å². The molecule has 0 bridgehead atoms. The molecule has 0 unspecified atom stereocenters. The summed E-state index contributed by atoms with van der Waals surface area (Å²) in [5.74, 6) is 0. The van der Waals surface area contributed by atoms with Crippen LogP contribution < -0.4 is 4.90 Å². The highest BCUT2D eigenvalue weighted by Crippen LogP contribution is 2.44. The lowest BCUT2D eigenvalue weighted by Gasteiger charge is -2.18. The van der Waals surface area contributed by atoms with Crippen molar-refractivity contribution in [2.24, 2.45) is 10.2 Å². The first-order valence-corrected chi connectivity index (χ1v) is 17.4. The number of anilines is 1. The third-order valence-corrected chi connectivity index (χ3v) is 9.40. The molecule has 9 heteroatoms. The van der Waals surface area contributed by atoms with E-state index in [9.17, 15) is 13.0 Å². The molecule has 0 radical (unpaired) electrons. The van der Waals surface area contributed by atoms with E-state index in [-0.39, 0.29) is 4.90 Å². The molecule has 0 atom stereocenters. The van der Waals surface area contributed by atoms with Gasteiger partial charge in [-0.05, 0) is 95.1 Å². The van der Waals surface area contributed by atoms with Gasteiger partial charge in [-0.25, -0.2) is 13.0 Å². The van der Waals surface area contributed by atoms with Crippen LogP contribution in [0.4, 0.5) is 17.1 Å². The monoisotopic (exact) mass is 672 g/mol. The van der Waals surface area contributed by atoms with E-state index in [1.807, 2.05) is 55.0 Å². The van der Waals surface area contributed by atoms with Crippen LogP contribution in [-0.2, 0) is 10.1 Å². The second-order valence-electron chi connectivity index (χ2n) is 11.3. The van der Waals surface area contributed by atoms with Crippen molar-refractivity contribution in [2.75, 3.05) is 33.1 Å². The Bertz CT molecular complexity index is 2000. The number of thioether (sulfide) groups is 1. The molecule has 48 heavy (non-hydrogen) atoms. The molecule has 4 aromatic carbocycles. The Balaban J connectivity index is 0.000000194. The van der Waals surface area contributed by atoms with Crippen molar-refractivity contribution < 1.29 is 17.5 Å². The summed E-state index contributed by atoms with van der Waals surface area (Å²) < 4.78 is 34.5.